The summed E-state index contributed by atoms with van der Waals surface area (Å²) < 4.78 is 6.09. The Morgan fingerprint density at radius 1 is 1.28 bits per heavy atom. The Labute approximate surface area is 113 Å². The average molecular weight is 310 g/mol. The molecule has 2 aromatic heterocycles. The number of hydrogen-bond acceptors (Lipinski definition) is 6. The number of nitrogens with zero attached hydrogens (tertiary/aromatic N) is 3. The van der Waals surface area contributed by atoms with Crippen LogP contribution in [-0.2, 0) is 6.61 Å². The van der Waals surface area contributed by atoms with Crippen LogP contribution in [0.15, 0.2) is 23.1 Å². The van der Waals surface area contributed by atoms with Crippen LogP contribution in [0.2, 0.25) is 0 Å². The third kappa shape index (κ3) is 2.67. The van der Waals surface area contributed by atoms with Gasteiger partial charge in [-0.25, -0.2) is 15.0 Å². The maximum Gasteiger partial charge on any atom is 0.258 e. The van der Waals surface area contributed by atoms with E-state index in [2.05, 4.69) is 30.9 Å². The van der Waals surface area contributed by atoms with Crippen molar-refractivity contribution in [1.29, 1.82) is 0 Å². The number of hydrogen-bond donors (Lipinski definition) is 2. The topological polar surface area (TPSA) is 99.9 Å². The van der Waals surface area contributed by atoms with Gasteiger partial charge in [-0.1, -0.05) is 0 Å². The summed E-state index contributed by atoms with van der Waals surface area (Å²) in [7, 11) is 0. The Bertz CT molecular complexity index is 573. The number of ether oxygens (including phenoxy) is 1. The van der Waals surface area contributed by atoms with Crippen molar-refractivity contribution < 1.29 is 4.74 Å². The van der Waals surface area contributed by atoms with Crippen LogP contribution in [0.3, 0.4) is 0 Å². The summed E-state index contributed by atoms with van der Waals surface area (Å²) in [4.78, 5) is 12.0. The number of anilines is 2. The molecule has 0 radical (unpaired) electrons. The second-order valence-corrected chi connectivity index (χ2v) is 4.46. The molecule has 7 heteroatoms. The molecule has 0 saturated carbocycles. The molecule has 0 bridgehead atoms. The van der Waals surface area contributed by atoms with Crippen LogP contribution < -0.4 is 16.2 Å². The molecule has 18 heavy (non-hydrogen) atoms. The van der Waals surface area contributed by atoms with Crippen molar-refractivity contribution in [2.45, 2.75) is 13.5 Å². The molecule has 4 N–H and O–H groups in total. The predicted molar refractivity (Wildman–Crippen MR) is 71.9 cm³/mol. The lowest BCUT2D eigenvalue weighted by Gasteiger charge is -2.10. The summed E-state index contributed by atoms with van der Waals surface area (Å²) >= 11 is 3.21. The molecular formula is C11H12BrN5O. The number of halogens is 1. The molecule has 0 aliphatic rings. The van der Waals surface area contributed by atoms with Gasteiger partial charge in [0.1, 0.15) is 17.0 Å². The first kappa shape index (κ1) is 12.6. The van der Waals surface area contributed by atoms with E-state index in [4.69, 9.17) is 16.2 Å². The predicted octanol–water partition coefficient (Wildman–Crippen LogP) is 1.69. The van der Waals surface area contributed by atoms with Gasteiger partial charge in [-0.15, -0.1) is 0 Å². The molecule has 0 unspecified atom stereocenters. The van der Waals surface area contributed by atoms with Gasteiger partial charge in [0.15, 0.2) is 5.82 Å². The first-order valence-electron chi connectivity index (χ1n) is 5.18. The molecule has 2 heterocycles. The normalized spacial score (nSPS) is 10.3. The van der Waals surface area contributed by atoms with Crippen LogP contribution >= 0.6 is 15.9 Å². The Morgan fingerprint density at radius 2 is 2.06 bits per heavy atom. The Morgan fingerprint density at radius 3 is 2.83 bits per heavy atom. The van der Waals surface area contributed by atoms with E-state index in [0.717, 1.165) is 11.1 Å². The molecule has 0 aromatic carbocycles. The molecule has 2 rings (SSSR count). The summed E-state index contributed by atoms with van der Waals surface area (Å²) in [5.41, 5.74) is 13.2. The van der Waals surface area contributed by atoms with Gasteiger partial charge in [0, 0.05) is 6.20 Å². The lowest BCUT2D eigenvalue weighted by atomic mass is 10.1. The summed E-state index contributed by atoms with van der Waals surface area (Å²) in [5, 5.41) is 0. The minimum atomic E-state index is 0.248. The highest BCUT2D eigenvalue weighted by Gasteiger charge is 2.07. The Kier molecular flexibility index (Phi) is 3.61. The molecule has 0 atom stereocenters. The van der Waals surface area contributed by atoms with E-state index in [9.17, 15) is 0 Å². The monoisotopic (exact) mass is 309 g/mol. The quantitative estimate of drug-likeness (QED) is 0.895. The minimum Gasteiger partial charge on any atom is -0.470 e. The molecule has 0 aliphatic heterocycles. The Hall–Kier alpha value is -1.89. The fourth-order valence-electron chi connectivity index (χ4n) is 1.36. The van der Waals surface area contributed by atoms with E-state index in [-0.39, 0.29) is 5.82 Å². The SMILES string of the molecule is Cc1c(COc2nc(Br)cnc2N)ccnc1N. The van der Waals surface area contributed by atoms with Crippen LogP contribution in [-0.4, -0.2) is 15.0 Å². The standard InChI is InChI=1S/C11H12BrN5O/c1-6-7(2-3-15-9(6)13)5-18-11-10(14)16-4-8(12)17-11/h2-4H,5H2,1H3,(H2,13,15)(H2,14,16). The van der Waals surface area contributed by atoms with Gasteiger partial charge in [0.2, 0.25) is 0 Å². The lowest BCUT2D eigenvalue weighted by molar-refractivity contribution is 0.293. The zero-order valence-corrected chi connectivity index (χ0v) is 11.3. The molecular weight excluding hydrogens is 298 g/mol. The highest BCUT2D eigenvalue weighted by atomic mass is 79.9. The number of nitrogens with two attached hydrogens (primary N) is 2. The summed E-state index contributed by atoms with van der Waals surface area (Å²) in [5.74, 6) is 1.03. The zero-order valence-electron chi connectivity index (χ0n) is 9.72. The van der Waals surface area contributed by atoms with Crippen LogP contribution in [0.5, 0.6) is 5.88 Å². The highest BCUT2D eigenvalue weighted by Crippen LogP contribution is 2.20. The van der Waals surface area contributed by atoms with Crippen molar-refractivity contribution in [3.63, 3.8) is 0 Å². The second-order valence-electron chi connectivity index (χ2n) is 3.65. The fraction of sp³-hybridized carbons (Fsp3) is 0.182. The fourth-order valence-corrected chi connectivity index (χ4v) is 1.63. The molecule has 94 valence electrons. The van der Waals surface area contributed by atoms with Crippen LogP contribution in [0.25, 0.3) is 0 Å². The number of pyridine rings is 1. The van der Waals surface area contributed by atoms with Crippen molar-refractivity contribution in [3.8, 4) is 5.88 Å². The molecule has 0 amide bonds. The van der Waals surface area contributed by atoms with E-state index < -0.39 is 0 Å². The number of nitrogen functional groups attached to an aromatic ring is 2. The third-order valence-corrected chi connectivity index (χ3v) is 2.84. The first-order valence-corrected chi connectivity index (χ1v) is 5.98. The smallest absolute Gasteiger partial charge is 0.258 e. The lowest BCUT2D eigenvalue weighted by Crippen LogP contribution is -2.05. The maximum atomic E-state index is 5.72. The van der Waals surface area contributed by atoms with E-state index in [1.165, 1.54) is 6.20 Å². The van der Waals surface area contributed by atoms with Crippen LogP contribution in [0.1, 0.15) is 11.1 Å². The number of rotatable bonds is 3. The van der Waals surface area contributed by atoms with Gasteiger partial charge in [-0.2, -0.15) is 0 Å². The van der Waals surface area contributed by atoms with Gasteiger partial charge in [0.05, 0.1) is 6.20 Å². The van der Waals surface area contributed by atoms with Crippen LogP contribution in [0, 0.1) is 6.92 Å². The van der Waals surface area contributed by atoms with Gasteiger partial charge >= 0.3 is 0 Å². The highest BCUT2D eigenvalue weighted by molar-refractivity contribution is 9.10. The zero-order chi connectivity index (χ0) is 13.1. The van der Waals surface area contributed by atoms with Crippen molar-refractivity contribution >= 4 is 27.6 Å². The van der Waals surface area contributed by atoms with Gasteiger partial charge in [-0.05, 0) is 40.0 Å². The minimum absolute atomic E-state index is 0.248. The van der Waals surface area contributed by atoms with E-state index in [1.54, 1.807) is 6.20 Å². The molecule has 6 nitrogen and oxygen atoms in total. The van der Waals surface area contributed by atoms with E-state index in [1.807, 2.05) is 13.0 Å². The average Bonchev–Trinajstić information content (AvgIpc) is 2.35. The Balaban J connectivity index is 2.16. The third-order valence-electron chi connectivity index (χ3n) is 2.46. The summed E-state index contributed by atoms with van der Waals surface area (Å²) in [6, 6.07) is 1.84. The molecule has 2 aromatic rings. The van der Waals surface area contributed by atoms with Crippen molar-refractivity contribution in [1.82, 2.24) is 15.0 Å². The second kappa shape index (κ2) is 5.18. The molecule has 0 fully saturated rings. The summed E-state index contributed by atoms with van der Waals surface area (Å²) in [6.45, 7) is 2.20. The summed E-state index contributed by atoms with van der Waals surface area (Å²) in [6.07, 6.45) is 3.15. The largest absolute Gasteiger partial charge is 0.470 e. The maximum absolute atomic E-state index is 5.72. The van der Waals surface area contributed by atoms with Gasteiger partial charge in [0.25, 0.3) is 5.88 Å². The van der Waals surface area contributed by atoms with E-state index >= 15 is 0 Å². The molecule has 0 saturated heterocycles. The van der Waals surface area contributed by atoms with Crippen molar-refractivity contribution in [2.24, 2.45) is 0 Å². The molecule has 0 aliphatic carbocycles. The number of aromatic nitrogens is 3. The van der Waals surface area contributed by atoms with Crippen LogP contribution in [0.4, 0.5) is 11.6 Å². The van der Waals surface area contributed by atoms with E-state index in [0.29, 0.717) is 22.9 Å². The molecule has 0 spiro atoms. The van der Waals surface area contributed by atoms with Gasteiger partial charge < -0.3 is 16.2 Å². The van der Waals surface area contributed by atoms with Gasteiger partial charge in [-0.3, -0.25) is 0 Å². The van der Waals surface area contributed by atoms with Crippen molar-refractivity contribution in [2.75, 3.05) is 11.5 Å². The van der Waals surface area contributed by atoms with Crippen molar-refractivity contribution in [3.05, 3.63) is 34.2 Å². The first-order chi connectivity index (χ1) is 8.58.